The Kier molecular flexibility index (Phi) is 1.65. The van der Waals surface area contributed by atoms with Gasteiger partial charge in [0.05, 0.1) is 0 Å². The van der Waals surface area contributed by atoms with Crippen LogP contribution in [0.2, 0.25) is 0 Å². The van der Waals surface area contributed by atoms with Crippen LogP contribution < -0.4 is 0 Å². The van der Waals surface area contributed by atoms with Crippen LogP contribution in [0.5, 0.6) is 0 Å². The minimum absolute atomic E-state index is 0.508. The zero-order valence-electron chi connectivity index (χ0n) is 7.29. The van der Waals surface area contributed by atoms with E-state index in [0.717, 1.165) is 11.0 Å². The highest BCUT2D eigenvalue weighted by Gasteiger charge is 2.06. The number of hydrogen-bond donors (Lipinski definition) is 0. The van der Waals surface area contributed by atoms with Gasteiger partial charge in [-0.1, -0.05) is 32.0 Å². The normalized spacial score (nSPS) is 11.2. The van der Waals surface area contributed by atoms with Crippen LogP contribution in [0.3, 0.4) is 0 Å². The predicted octanol–water partition coefficient (Wildman–Crippen LogP) is 3.36. The summed E-state index contributed by atoms with van der Waals surface area (Å²) in [5.41, 5.74) is 2.24. The van der Waals surface area contributed by atoms with Gasteiger partial charge in [0.15, 0.2) is 6.26 Å². The predicted molar refractivity (Wildman–Crippen MR) is 49.1 cm³/mol. The largest absolute Gasteiger partial charge is 0.452 e. The molecule has 0 N–H and O–H groups in total. The molecule has 61 valence electrons. The van der Waals surface area contributed by atoms with E-state index in [0.29, 0.717) is 5.92 Å². The first-order valence-corrected chi connectivity index (χ1v) is 4.17. The lowest BCUT2D eigenvalue weighted by Crippen LogP contribution is -1.86. The maximum atomic E-state index is 5.29. The zero-order chi connectivity index (χ0) is 8.55. The first kappa shape index (κ1) is 7.41. The molecule has 0 saturated heterocycles. The highest BCUT2D eigenvalue weighted by atomic mass is 16.3. The minimum Gasteiger partial charge on any atom is -0.452 e. The van der Waals surface area contributed by atoms with E-state index in [1.165, 1.54) is 5.56 Å². The van der Waals surface area contributed by atoms with Crippen LogP contribution >= 0.6 is 0 Å². The fourth-order valence-corrected chi connectivity index (χ4v) is 1.41. The summed E-state index contributed by atoms with van der Waals surface area (Å²) in [5, 5.41) is 1.14. The molecule has 0 aliphatic rings. The van der Waals surface area contributed by atoms with Gasteiger partial charge in [0.25, 0.3) is 0 Å². The Morgan fingerprint density at radius 1 is 1.33 bits per heavy atom. The highest BCUT2D eigenvalue weighted by molar-refractivity contribution is 5.80. The summed E-state index contributed by atoms with van der Waals surface area (Å²) < 4.78 is 5.29. The standard InChI is InChI=1S/C11H11O/c1-8(2)10-5-3-4-9-6-7-12-11(9)10/h3-6,8H,1-2H3. The van der Waals surface area contributed by atoms with Crippen LogP contribution in [-0.2, 0) is 0 Å². The molecule has 0 saturated carbocycles. The lowest BCUT2D eigenvalue weighted by Gasteiger charge is -2.04. The zero-order valence-corrected chi connectivity index (χ0v) is 7.29. The van der Waals surface area contributed by atoms with Gasteiger partial charge >= 0.3 is 0 Å². The van der Waals surface area contributed by atoms with Crippen LogP contribution in [0, 0.1) is 6.26 Å². The van der Waals surface area contributed by atoms with E-state index in [4.69, 9.17) is 4.42 Å². The monoisotopic (exact) mass is 159 g/mol. The lowest BCUT2D eigenvalue weighted by molar-refractivity contribution is 0.598. The second-order valence-electron chi connectivity index (χ2n) is 3.28. The van der Waals surface area contributed by atoms with Gasteiger partial charge in [0, 0.05) is 5.39 Å². The second-order valence-corrected chi connectivity index (χ2v) is 3.28. The highest BCUT2D eigenvalue weighted by Crippen LogP contribution is 2.25. The molecule has 0 aliphatic heterocycles. The topological polar surface area (TPSA) is 13.1 Å². The molecule has 1 heteroatoms. The van der Waals surface area contributed by atoms with Gasteiger partial charge in [0.2, 0.25) is 0 Å². The molecular formula is C11H11O. The molecule has 1 aromatic heterocycles. The molecule has 1 radical (unpaired) electrons. The van der Waals surface area contributed by atoms with E-state index in [1.807, 2.05) is 12.1 Å². The average Bonchev–Trinajstić information content (AvgIpc) is 2.49. The summed E-state index contributed by atoms with van der Waals surface area (Å²) in [6.07, 6.45) is 2.76. The number of furan rings is 1. The van der Waals surface area contributed by atoms with Crippen molar-refractivity contribution in [2.24, 2.45) is 0 Å². The molecule has 0 bridgehead atoms. The Morgan fingerprint density at radius 2 is 2.17 bits per heavy atom. The first-order valence-electron chi connectivity index (χ1n) is 4.17. The van der Waals surface area contributed by atoms with Gasteiger partial charge in [-0.05, 0) is 17.5 Å². The van der Waals surface area contributed by atoms with Crippen molar-refractivity contribution in [3.8, 4) is 0 Å². The first-order chi connectivity index (χ1) is 5.79. The van der Waals surface area contributed by atoms with Gasteiger partial charge in [-0.2, -0.15) is 0 Å². The third-order valence-electron chi connectivity index (χ3n) is 2.07. The Balaban J connectivity index is 2.73. The molecule has 0 aliphatic carbocycles. The van der Waals surface area contributed by atoms with Crippen molar-refractivity contribution in [2.75, 3.05) is 0 Å². The van der Waals surface area contributed by atoms with E-state index >= 15 is 0 Å². The minimum atomic E-state index is 0.508. The van der Waals surface area contributed by atoms with Crippen LogP contribution in [0.25, 0.3) is 11.0 Å². The molecule has 12 heavy (non-hydrogen) atoms. The molecule has 2 aromatic rings. The smallest absolute Gasteiger partial charge is 0.170 e. The van der Waals surface area contributed by atoms with Crippen LogP contribution in [0.15, 0.2) is 28.7 Å². The van der Waals surface area contributed by atoms with Crippen LogP contribution in [0.1, 0.15) is 25.3 Å². The van der Waals surface area contributed by atoms with Crippen molar-refractivity contribution < 1.29 is 4.42 Å². The van der Waals surface area contributed by atoms with E-state index in [-0.39, 0.29) is 0 Å². The van der Waals surface area contributed by atoms with Gasteiger partial charge in [0.1, 0.15) is 5.58 Å². The molecule has 0 unspecified atom stereocenters. The van der Waals surface area contributed by atoms with Crippen molar-refractivity contribution in [3.63, 3.8) is 0 Å². The molecule has 1 nitrogen and oxygen atoms in total. The van der Waals surface area contributed by atoms with Gasteiger partial charge in [-0.3, -0.25) is 0 Å². The summed E-state index contributed by atoms with van der Waals surface area (Å²) in [4.78, 5) is 0. The number of benzene rings is 1. The van der Waals surface area contributed by atoms with Crippen LogP contribution in [0.4, 0.5) is 0 Å². The lowest BCUT2D eigenvalue weighted by atomic mass is 10.0. The summed E-state index contributed by atoms with van der Waals surface area (Å²) in [5.74, 6) is 0.508. The van der Waals surface area contributed by atoms with Crippen molar-refractivity contribution in [1.82, 2.24) is 0 Å². The summed E-state index contributed by atoms with van der Waals surface area (Å²) in [6, 6.07) is 8.08. The Bertz CT molecular complexity index is 385. The quantitative estimate of drug-likeness (QED) is 0.621. The Hall–Kier alpha value is -1.24. The summed E-state index contributed by atoms with van der Waals surface area (Å²) >= 11 is 0. The van der Waals surface area contributed by atoms with Crippen molar-refractivity contribution in [1.29, 1.82) is 0 Å². The third-order valence-corrected chi connectivity index (χ3v) is 2.07. The molecule has 1 heterocycles. The van der Waals surface area contributed by atoms with Gasteiger partial charge in [-0.25, -0.2) is 0 Å². The molecule has 0 atom stereocenters. The molecule has 0 spiro atoms. The molecule has 1 aromatic carbocycles. The van der Waals surface area contributed by atoms with Gasteiger partial charge < -0.3 is 4.42 Å². The SMILES string of the molecule is CC(C)c1cccc2c[c]oc12. The second kappa shape index (κ2) is 2.67. The Morgan fingerprint density at radius 3 is 2.92 bits per heavy atom. The fraction of sp³-hybridized carbons (Fsp3) is 0.273. The van der Waals surface area contributed by atoms with Crippen molar-refractivity contribution >= 4 is 11.0 Å². The van der Waals surface area contributed by atoms with E-state index < -0.39 is 0 Å². The number of fused-ring (bicyclic) bond motifs is 1. The maximum Gasteiger partial charge on any atom is 0.170 e. The average molecular weight is 159 g/mol. The summed E-state index contributed by atoms with van der Waals surface area (Å²) in [6.45, 7) is 4.33. The third kappa shape index (κ3) is 1.02. The van der Waals surface area contributed by atoms with Gasteiger partial charge in [-0.15, -0.1) is 0 Å². The maximum absolute atomic E-state index is 5.29. The number of rotatable bonds is 1. The van der Waals surface area contributed by atoms with Crippen molar-refractivity contribution in [3.05, 3.63) is 36.1 Å². The summed E-state index contributed by atoms with van der Waals surface area (Å²) in [7, 11) is 0. The molecular weight excluding hydrogens is 148 g/mol. The Labute approximate surface area is 72.0 Å². The number of para-hydroxylation sites is 1. The molecule has 0 fully saturated rings. The molecule has 0 amide bonds. The van der Waals surface area contributed by atoms with E-state index in [1.54, 1.807) is 0 Å². The number of hydrogen-bond acceptors (Lipinski definition) is 1. The molecule has 2 rings (SSSR count). The van der Waals surface area contributed by atoms with E-state index in [9.17, 15) is 0 Å². The van der Waals surface area contributed by atoms with Crippen molar-refractivity contribution in [2.45, 2.75) is 19.8 Å². The fourth-order valence-electron chi connectivity index (χ4n) is 1.41. The van der Waals surface area contributed by atoms with Crippen LogP contribution in [-0.4, -0.2) is 0 Å². The van der Waals surface area contributed by atoms with E-state index in [2.05, 4.69) is 32.2 Å².